The van der Waals surface area contributed by atoms with Crippen LogP contribution in [0, 0.1) is 44.8 Å². The summed E-state index contributed by atoms with van der Waals surface area (Å²) >= 11 is 0. The highest BCUT2D eigenvalue weighted by Gasteiger charge is 2.79. The maximum atomic E-state index is 12.4. The first-order valence-corrected chi connectivity index (χ1v) is 16.5. The molecule has 2 spiro atoms. The molecule has 0 aromatic rings. The minimum atomic E-state index is -0.262. The number of hydrogen-bond donors (Lipinski definition) is 0. The number of ether oxygens (including phenoxy) is 3. The number of fused-ring (bicyclic) bond motifs is 2. The van der Waals surface area contributed by atoms with Gasteiger partial charge in [-0.1, -0.05) is 54.9 Å². The molecule has 0 radical (unpaired) electrons. The third kappa shape index (κ3) is 4.32. The Bertz CT molecular complexity index is 1020. The van der Waals surface area contributed by atoms with Crippen LogP contribution in [0.4, 0.5) is 0 Å². The minimum absolute atomic E-state index is 0.00634. The number of esters is 2. The lowest BCUT2D eigenvalue weighted by atomic mass is 9.48. The molecule has 4 saturated carbocycles. The summed E-state index contributed by atoms with van der Waals surface area (Å²) in [4.78, 5) is 24.4. The normalized spacial score (nSPS) is 49.3. The van der Waals surface area contributed by atoms with E-state index in [2.05, 4.69) is 55.4 Å². The molecule has 0 amide bonds. The van der Waals surface area contributed by atoms with Gasteiger partial charge in [0.25, 0.3) is 0 Å². The summed E-state index contributed by atoms with van der Waals surface area (Å²) in [5.74, 6) is 0.962. The Morgan fingerprint density at radius 1 is 0.900 bits per heavy atom. The largest absolute Gasteiger partial charge is 0.462 e. The van der Waals surface area contributed by atoms with Crippen LogP contribution < -0.4 is 0 Å². The number of rotatable bonds is 6. The Labute approximate surface area is 244 Å². The monoisotopic (exact) mass is 558 g/mol. The fraction of sp³-hybridized carbons (Fsp3) is 0.943. The molecule has 5 heteroatoms. The summed E-state index contributed by atoms with van der Waals surface area (Å²) in [7, 11) is 0. The van der Waals surface area contributed by atoms with Gasteiger partial charge in [-0.2, -0.15) is 0 Å². The predicted octanol–water partition coefficient (Wildman–Crippen LogP) is 8.27. The van der Waals surface area contributed by atoms with E-state index in [-0.39, 0.29) is 58.0 Å². The Kier molecular flexibility index (Phi) is 7.37. The van der Waals surface area contributed by atoms with E-state index in [9.17, 15) is 9.59 Å². The molecule has 1 saturated heterocycles. The van der Waals surface area contributed by atoms with Crippen LogP contribution in [0.1, 0.15) is 140 Å². The summed E-state index contributed by atoms with van der Waals surface area (Å²) in [5, 5.41) is 0. The minimum Gasteiger partial charge on any atom is -0.462 e. The standard InChI is InChI=1S/C35H58O5/c1-11-12-27-30(6,7)28(39-24(5)37)14-16-35(27)21-34(35)18-17-32(9)29(33(10)15-13-25(40-33)22(2)3)26(38-23(4)36)19-31(32,8)20-34/h22,25-29H,11-21H2,1-10H3/t25?,26?,27?,28?,29?,31-,32?,33?,34?,35+/m0/s1. The average molecular weight is 559 g/mol. The van der Waals surface area contributed by atoms with Gasteiger partial charge in [-0.15, -0.1) is 0 Å². The maximum Gasteiger partial charge on any atom is 0.302 e. The Morgan fingerprint density at radius 3 is 2.15 bits per heavy atom. The van der Waals surface area contributed by atoms with Crippen molar-refractivity contribution in [1.82, 2.24) is 0 Å². The van der Waals surface area contributed by atoms with Crippen LogP contribution >= 0.6 is 0 Å². The van der Waals surface area contributed by atoms with E-state index >= 15 is 0 Å². The van der Waals surface area contributed by atoms with E-state index in [1.807, 2.05) is 0 Å². The van der Waals surface area contributed by atoms with E-state index < -0.39 is 0 Å². The van der Waals surface area contributed by atoms with E-state index in [1.54, 1.807) is 13.8 Å². The Hall–Kier alpha value is -1.10. The Balaban J connectivity index is 1.46. The molecule has 0 aromatic heterocycles. The molecule has 5 aliphatic rings. The maximum absolute atomic E-state index is 12.4. The highest BCUT2D eigenvalue weighted by Crippen LogP contribution is 2.85. The van der Waals surface area contributed by atoms with E-state index in [4.69, 9.17) is 14.2 Å². The number of hydrogen-bond acceptors (Lipinski definition) is 5. The molecule has 5 fully saturated rings. The quantitative estimate of drug-likeness (QED) is 0.307. The highest BCUT2D eigenvalue weighted by atomic mass is 16.6. The van der Waals surface area contributed by atoms with Crippen molar-refractivity contribution in [3.8, 4) is 0 Å². The zero-order valence-electron chi connectivity index (χ0n) is 27.3. The molecule has 1 aliphatic heterocycles. The van der Waals surface area contributed by atoms with Gasteiger partial charge in [0, 0.05) is 25.2 Å². The first-order valence-electron chi connectivity index (χ1n) is 16.5. The molecule has 1 heterocycles. The SMILES string of the molecule is CCCC1C(C)(C)C(OC(C)=O)CC[C@@]12CC21CCC2(C)C(C3(C)CCC(C(C)C)O3)C(OC(C)=O)C[C@@]2(C)C1. The third-order valence-electron chi connectivity index (χ3n) is 13.7. The van der Waals surface area contributed by atoms with E-state index in [0.717, 1.165) is 32.1 Å². The molecule has 5 rings (SSSR count). The number of carbonyl (C=O) groups is 2. The van der Waals surface area contributed by atoms with Crippen LogP contribution in [0.2, 0.25) is 0 Å². The molecular weight excluding hydrogens is 500 g/mol. The van der Waals surface area contributed by atoms with Crippen molar-refractivity contribution < 1.29 is 23.8 Å². The fourth-order valence-electron chi connectivity index (χ4n) is 11.8. The van der Waals surface area contributed by atoms with Crippen molar-refractivity contribution in [1.29, 1.82) is 0 Å². The highest BCUT2D eigenvalue weighted by molar-refractivity contribution is 5.66. The molecule has 5 nitrogen and oxygen atoms in total. The smallest absolute Gasteiger partial charge is 0.302 e. The number of carbonyl (C=O) groups excluding carboxylic acids is 2. The van der Waals surface area contributed by atoms with E-state index in [1.165, 1.54) is 38.5 Å². The van der Waals surface area contributed by atoms with Crippen molar-refractivity contribution >= 4 is 11.9 Å². The molecule has 0 bridgehead atoms. The molecule has 0 aromatic carbocycles. The summed E-state index contributed by atoms with van der Waals surface area (Å²) in [6.45, 7) is 22.1. The van der Waals surface area contributed by atoms with Gasteiger partial charge in [-0.3, -0.25) is 9.59 Å². The molecule has 40 heavy (non-hydrogen) atoms. The molecule has 4 aliphatic carbocycles. The van der Waals surface area contributed by atoms with Crippen molar-refractivity contribution in [2.24, 2.45) is 44.8 Å². The lowest BCUT2D eigenvalue weighted by molar-refractivity contribution is -0.175. The van der Waals surface area contributed by atoms with Crippen LogP contribution in [-0.2, 0) is 23.8 Å². The molecule has 10 atom stereocenters. The van der Waals surface area contributed by atoms with Gasteiger partial charge in [-0.25, -0.2) is 0 Å². The van der Waals surface area contributed by atoms with Gasteiger partial charge in [0.05, 0.1) is 11.7 Å². The van der Waals surface area contributed by atoms with Crippen molar-refractivity contribution in [2.75, 3.05) is 0 Å². The van der Waals surface area contributed by atoms with Crippen molar-refractivity contribution in [3.05, 3.63) is 0 Å². The summed E-state index contributed by atoms with van der Waals surface area (Å²) in [6.07, 6.45) is 12.7. The first-order chi connectivity index (χ1) is 18.5. The molecule has 0 N–H and O–H groups in total. The molecule has 8 unspecified atom stereocenters. The zero-order chi connectivity index (χ0) is 29.5. The average Bonchev–Trinajstić information content (AvgIpc) is 3.08. The lowest BCUT2D eigenvalue weighted by Crippen LogP contribution is -2.54. The summed E-state index contributed by atoms with van der Waals surface area (Å²) in [5.41, 5.74) is 0.539. The molecule has 228 valence electrons. The van der Waals surface area contributed by atoms with Gasteiger partial charge in [0.2, 0.25) is 0 Å². The van der Waals surface area contributed by atoms with Gasteiger partial charge in [0.15, 0.2) is 0 Å². The van der Waals surface area contributed by atoms with Crippen LogP contribution in [0.3, 0.4) is 0 Å². The van der Waals surface area contributed by atoms with Crippen molar-refractivity contribution in [2.45, 2.75) is 164 Å². The van der Waals surface area contributed by atoms with Gasteiger partial charge in [0.1, 0.15) is 12.2 Å². The second kappa shape index (κ2) is 9.71. The fourth-order valence-corrected chi connectivity index (χ4v) is 11.8. The van der Waals surface area contributed by atoms with Crippen LogP contribution in [-0.4, -0.2) is 35.9 Å². The van der Waals surface area contributed by atoms with Crippen molar-refractivity contribution in [3.63, 3.8) is 0 Å². The Morgan fingerprint density at radius 2 is 1.57 bits per heavy atom. The second-order valence-electron chi connectivity index (χ2n) is 16.6. The summed E-state index contributed by atoms with van der Waals surface area (Å²) in [6, 6.07) is 0. The molecular formula is C35H58O5. The van der Waals surface area contributed by atoms with Crippen LogP contribution in [0.25, 0.3) is 0 Å². The third-order valence-corrected chi connectivity index (χ3v) is 13.7. The first kappa shape index (κ1) is 30.4. The second-order valence-corrected chi connectivity index (χ2v) is 16.6. The predicted molar refractivity (Wildman–Crippen MR) is 158 cm³/mol. The van der Waals surface area contributed by atoms with Gasteiger partial charge in [-0.05, 0) is 105 Å². The van der Waals surface area contributed by atoms with Gasteiger partial charge >= 0.3 is 11.9 Å². The zero-order valence-corrected chi connectivity index (χ0v) is 27.3. The summed E-state index contributed by atoms with van der Waals surface area (Å²) < 4.78 is 19.1. The van der Waals surface area contributed by atoms with Crippen LogP contribution in [0.15, 0.2) is 0 Å². The van der Waals surface area contributed by atoms with Gasteiger partial charge < -0.3 is 14.2 Å². The van der Waals surface area contributed by atoms with E-state index in [0.29, 0.717) is 22.7 Å². The topological polar surface area (TPSA) is 61.8 Å². The van der Waals surface area contributed by atoms with Crippen LogP contribution in [0.5, 0.6) is 0 Å². The lowest BCUT2D eigenvalue weighted by Gasteiger charge is -2.57.